The van der Waals surface area contributed by atoms with Crippen LogP contribution in [0.4, 0.5) is 4.39 Å². The minimum Gasteiger partial charge on any atom is -0.395 e. The van der Waals surface area contributed by atoms with Gasteiger partial charge in [0.2, 0.25) is 0 Å². The van der Waals surface area contributed by atoms with Gasteiger partial charge in [0.1, 0.15) is 5.82 Å². The SMILES string of the molecule is OCC1CCCN1CCCCNCc1cccc(Cl)c1F. The molecule has 0 amide bonds. The molecule has 2 rings (SSSR count). The summed E-state index contributed by atoms with van der Waals surface area (Å²) in [6.07, 6.45) is 4.46. The number of nitrogens with one attached hydrogen (secondary N) is 1. The van der Waals surface area contributed by atoms with Crippen LogP contribution in [0.25, 0.3) is 0 Å². The molecule has 0 radical (unpaired) electrons. The van der Waals surface area contributed by atoms with Crippen molar-refractivity contribution in [1.82, 2.24) is 10.2 Å². The number of unbranched alkanes of at least 4 members (excludes halogenated alkanes) is 1. The molecule has 1 aliphatic heterocycles. The van der Waals surface area contributed by atoms with Crippen LogP contribution in [-0.4, -0.2) is 42.3 Å². The Morgan fingerprint density at radius 2 is 2.24 bits per heavy atom. The number of nitrogens with zero attached hydrogens (tertiary/aromatic N) is 1. The van der Waals surface area contributed by atoms with Crippen LogP contribution in [0.1, 0.15) is 31.2 Å². The highest BCUT2D eigenvalue weighted by atomic mass is 35.5. The predicted octanol–water partition coefficient (Wildman–Crippen LogP) is 2.81. The predicted molar refractivity (Wildman–Crippen MR) is 84.0 cm³/mol. The van der Waals surface area contributed by atoms with Gasteiger partial charge in [-0.05, 0) is 51.4 Å². The Hall–Kier alpha value is -0.680. The summed E-state index contributed by atoms with van der Waals surface area (Å²) < 4.78 is 13.7. The van der Waals surface area contributed by atoms with Crippen LogP contribution < -0.4 is 5.32 Å². The van der Waals surface area contributed by atoms with Crippen LogP contribution >= 0.6 is 11.6 Å². The van der Waals surface area contributed by atoms with Gasteiger partial charge in [-0.3, -0.25) is 4.90 Å². The Balaban J connectivity index is 1.59. The highest BCUT2D eigenvalue weighted by Crippen LogP contribution is 2.18. The van der Waals surface area contributed by atoms with E-state index < -0.39 is 0 Å². The Bertz CT molecular complexity index is 444. The minimum atomic E-state index is -0.325. The summed E-state index contributed by atoms with van der Waals surface area (Å²) in [7, 11) is 0. The molecule has 1 aromatic carbocycles. The number of aliphatic hydroxyl groups excluding tert-OH is 1. The maximum atomic E-state index is 13.7. The lowest BCUT2D eigenvalue weighted by atomic mass is 10.2. The van der Waals surface area contributed by atoms with Crippen molar-refractivity contribution in [3.05, 3.63) is 34.6 Å². The molecule has 0 bridgehead atoms. The lowest BCUT2D eigenvalue weighted by Gasteiger charge is -2.22. The summed E-state index contributed by atoms with van der Waals surface area (Å²) in [5.74, 6) is -0.325. The molecule has 3 nitrogen and oxygen atoms in total. The molecule has 1 atom stereocenters. The molecule has 1 fully saturated rings. The quantitative estimate of drug-likeness (QED) is 0.724. The fraction of sp³-hybridized carbons (Fsp3) is 0.625. The summed E-state index contributed by atoms with van der Waals surface area (Å²) >= 11 is 5.75. The molecular weight excluding hydrogens is 291 g/mol. The molecule has 2 N–H and O–H groups in total. The third-order valence-electron chi connectivity index (χ3n) is 4.11. The van der Waals surface area contributed by atoms with Gasteiger partial charge >= 0.3 is 0 Å². The molecule has 1 saturated heterocycles. The zero-order chi connectivity index (χ0) is 15.1. The van der Waals surface area contributed by atoms with Crippen molar-refractivity contribution in [2.45, 2.75) is 38.3 Å². The third-order valence-corrected chi connectivity index (χ3v) is 4.40. The van der Waals surface area contributed by atoms with E-state index in [9.17, 15) is 9.50 Å². The zero-order valence-corrected chi connectivity index (χ0v) is 13.1. The van der Waals surface area contributed by atoms with Crippen molar-refractivity contribution in [3.8, 4) is 0 Å². The van der Waals surface area contributed by atoms with Crippen molar-refractivity contribution in [1.29, 1.82) is 0 Å². The van der Waals surface area contributed by atoms with E-state index in [1.54, 1.807) is 18.2 Å². The van der Waals surface area contributed by atoms with Gasteiger partial charge < -0.3 is 10.4 Å². The van der Waals surface area contributed by atoms with Crippen molar-refractivity contribution < 1.29 is 9.50 Å². The van der Waals surface area contributed by atoms with Crippen LogP contribution in [0.2, 0.25) is 5.02 Å². The monoisotopic (exact) mass is 314 g/mol. The Morgan fingerprint density at radius 3 is 3.05 bits per heavy atom. The molecule has 1 aromatic rings. The van der Waals surface area contributed by atoms with Crippen LogP contribution in [0.5, 0.6) is 0 Å². The fourth-order valence-electron chi connectivity index (χ4n) is 2.87. The van der Waals surface area contributed by atoms with E-state index in [4.69, 9.17) is 11.6 Å². The van der Waals surface area contributed by atoms with Gasteiger partial charge in [-0.1, -0.05) is 23.7 Å². The van der Waals surface area contributed by atoms with Crippen LogP contribution in [0, 0.1) is 5.82 Å². The molecule has 1 unspecified atom stereocenters. The van der Waals surface area contributed by atoms with Crippen molar-refractivity contribution >= 4 is 11.6 Å². The topological polar surface area (TPSA) is 35.5 Å². The second kappa shape index (κ2) is 8.69. The van der Waals surface area contributed by atoms with E-state index >= 15 is 0 Å². The van der Waals surface area contributed by atoms with Crippen LogP contribution in [0.3, 0.4) is 0 Å². The van der Waals surface area contributed by atoms with Crippen molar-refractivity contribution in [3.63, 3.8) is 0 Å². The lowest BCUT2D eigenvalue weighted by Crippen LogP contribution is -2.33. The van der Waals surface area contributed by atoms with Gasteiger partial charge in [-0.25, -0.2) is 4.39 Å². The summed E-state index contributed by atoms with van der Waals surface area (Å²) in [4.78, 5) is 2.37. The summed E-state index contributed by atoms with van der Waals surface area (Å²) in [5, 5.41) is 12.7. The number of halogens is 2. The summed E-state index contributed by atoms with van der Waals surface area (Å²) in [5.41, 5.74) is 0.613. The van der Waals surface area contributed by atoms with Crippen LogP contribution in [-0.2, 0) is 6.54 Å². The van der Waals surface area contributed by atoms with E-state index in [0.717, 1.165) is 38.9 Å². The highest BCUT2D eigenvalue weighted by molar-refractivity contribution is 6.30. The normalized spacial score (nSPS) is 19.3. The molecule has 0 aromatic heterocycles. The molecule has 118 valence electrons. The first-order valence-corrected chi connectivity index (χ1v) is 8.08. The summed E-state index contributed by atoms with van der Waals surface area (Å²) in [6.45, 7) is 3.79. The number of hydrogen-bond acceptors (Lipinski definition) is 3. The first-order valence-electron chi connectivity index (χ1n) is 7.71. The van der Waals surface area contributed by atoms with Gasteiger partial charge in [-0.15, -0.1) is 0 Å². The Labute approximate surface area is 131 Å². The van der Waals surface area contributed by atoms with Gasteiger partial charge in [0.25, 0.3) is 0 Å². The molecule has 1 aliphatic rings. The third kappa shape index (κ3) is 4.92. The first-order chi connectivity index (χ1) is 10.2. The largest absolute Gasteiger partial charge is 0.395 e. The zero-order valence-electron chi connectivity index (χ0n) is 12.3. The van der Waals surface area contributed by atoms with E-state index in [1.165, 1.54) is 6.42 Å². The molecule has 21 heavy (non-hydrogen) atoms. The lowest BCUT2D eigenvalue weighted by molar-refractivity contribution is 0.157. The second-order valence-corrected chi connectivity index (χ2v) is 6.02. The van der Waals surface area contributed by atoms with E-state index in [0.29, 0.717) is 18.2 Å². The van der Waals surface area contributed by atoms with Gasteiger partial charge in [0.15, 0.2) is 0 Å². The second-order valence-electron chi connectivity index (χ2n) is 5.61. The van der Waals surface area contributed by atoms with Crippen molar-refractivity contribution in [2.75, 3.05) is 26.2 Å². The number of benzene rings is 1. The van der Waals surface area contributed by atoms with E-state index in [1.807, 2.05) is 0 Å². The molecule has 0 aliphatic carbocycles. The average molecular weight is 315 g/mol. The van der Waals surface area contributed by atoms with Crippen LogP contribution in [0.15, 0.2) is 18.2 Å². The molecule has 5 heteroatoms. The molecule has 0 saturated carbocycles. The molecule has 0 spiro atoms. The minimum absolute atomic E-state index is 0.179. The smallest absolute Gasteiger partial charge is 0.146 e. The standard InChI is InChI=1S/C16H24ClFN2O/c17-15-7-3-5-13(16(15)18)11-19-8-1-2-9-20-10-4-6-14(20)12-21/h3,5,7,14,19,21H,1-2,4,6,8-12H2. The van der Waals surface area contributed by atoms with E-state index in [-0.39, 0.29) is 17.4 Å². The van der Waals surface area contributed by atoms with Gasteiger partial charge in [0.05, 0.1) is 11.6 Å². The van der Waals surface area contributed by atoms with Gasteiger partial charge in [-0.2, -0.15) is 0 Å². The highest BCUT2D eigenvalue weighted by Gasteiger charge is 2.22. The average Bonchev–Trinajstić information content (AvgIpc) is 2.94. The maximum Gasteiger partial charge on any atom is 0.146 e. The Morgan fingerprint density at radius 1 is 1.38 bits per heavy atom. The number of hydrogen-bond donors (Lipinski definition) is 2. The van der Waals surface area contributed by atoms with Gasteiger partial charge in [0, 0.05) is 18.2 Å². The maximum absolute atomic E-state index is 13.7. The number of aliphatic hydroxyl groups is 1. The first kappa shape index (κ1) is 16.7. The Kier molecular flexibility index (Phi) is 6.90. The fourth-order valence-corrected chi connectivity index (χ4v) is 3.06. The molecular formula is C16H24ClFN2O. The number of likely N-dealkylation sites (tertiary alicyclic amines) is 1. The van der Waals surface area contributed by atoms with Crippen molar-refractivity contribution in [2.24, 2.45) is 0 Å². The molecule has 1 heterocycles. The van der Waals surface area contributed by atoms with E-state index in [2.05, 4.69) is 10.2 Å². The summed E-state index contributed by atoms with van der Waals surface area (Å²) in [6, 6.07) is 5.45. The number of rotatable bonds is 8.